The van der Waals surface area contributed by atoms with E-state index < -0.39 is 9.84 Å². The lowest BCUT2D eigenvalue weighted by Gasteiger charge is -2.14. The predicted molar refractivity (Wildman–Crippen MR) is 74.1 cm³/mol. The molecule has 19 heavy (non-hydrogen) atoms. The lowest BCUT2D eigenvalue weighted by molar-refractivity contribution is 0.147. The summed E-state index contributed by atoms with van der Waals surface area (Å²) >= 11 is 0. The van der Waals surface area contributed by atoms with Crippen molar-refractivity contribution in [3.05, 3.63) is 12.4 Å². The molecule has 0 aliphatic carbocycles. The molecule has 1 atom stereocenters. The maximum Gasteiger partial charge on any atom is 0.203 e. The molecule has 0 aromatic carbocycles. The number of hydrogen-bond donors (Lipinski definition) is 1. The Balaban J connectivity index is 1.88. The molecule has 2 rings (SSSR count). The van der Waals surface area contributed by atoms with E-state index in [-0.39, 0.29) is 17.5 Å². The summed E-state index contributed by atoms with van der Waals surface area (Å²) in [5, 5.41) is 3.23. The van der Waals surface area contributed by atoms with Crippen LogP contribution in [0.1, 0.15) is 25.8 Å². The summed E-state index contributed by atoms with van der Waals surface area (Å²) in [7, 11) is -2.87. The van der Waals surface area contributed by atoms with Gasteiger partial charge in [-0.05, 0) is 19.8 Å². The molecule has 7 heteroatoms. The molecule has 1 aliphatic heterocycles. The van der Waals surface area contributed by atoms with Crippen molar-refractivity contribution < 1.29 is 13.2 Å². The van der Waals surface area contributed by atoms with Gasteiger partial charge in [0.25, 0.3) is 0 Å². The highest BCUT2D eigenvalue weighted by molar-refractivity contribution is 7.91. The smallest absolute Gasteiger partial charge is 0.203 e. The maximum absolute atomic E-state index is 11.5. The average Bonchev–Trinajstić information content (AvgIpc) is 2.95. The van der Waals surface area contributed by atoms with E-state index in [4.69, 9.17) is 4.74 Å². The van der Waals surface area contributed by atoms with Crippen molar-refractivity contribution in [3.8, 4) is 0 Å². The summed E-state index contributed by atoms with van der Waals surface area (Å²) in [6.45, 7) is 4.20. The topological polar surface area (TPSA) is 73.2 Å². The summed E-state index contributed by atoms with van der Waals surface area (Å²) in [5.74, 6) is 1.25. The van der Waals surface area contributed by atoms with Crippen LogP contribution in [-0.2, 0) is 14.6 Å². The van der Waals surface area contributed by atoms with Crippen molar-refractivity contribution in [3.63, 3.8) is 0 Å². The summed E-state index contributed by atoms with van der Waals surface area (Å²) in [6, 6.07) is 0.0156. The first kappa shape index (κ1) is 14.3. The normalized spacial score (nSPS) is 21.6. The van der Waals surface area contributed by atoms with Gasteiger partial charge in [-0.15, -0.1) is 0 Å². The summed E-state index contributed by atoms with van der Waals surface area (Å²) in [5.41, 5.74) is 0. The average molecular weight is 287 g/mol. The van der Waals surface area contributed by atoms with Crippen molar-refractivity contribution in [2.45, 2.75) is 25.8 Å². The second kappa shape index (κ2) is 6.38. The molecule has 0 bridgehead atoms. The molecule has 1 aliphatic rings. The van der Waals surface area contributed by atoms with Gasteiger partial charge in [-0.2, -0.15) is 0 Å². The fourth-order valence-corrected chi connectivity index (χ4v) is 3.97. The van der Waals surface area contributed by atoms with Gasteiger partial charge in [-0.1, -0.05) is 0 Å². The highest BCUT2D eigenvalue weighted by Crippen LogP contribution is 2.26. The Morgan fingerprint density at radius 2 is 2.42 bits per heavy atom. The third-order valence-corrected chi connectivity index (χ3v) is 4.97. The Hall–Kier alpha value is -1.08. The highest BCUT2D eigenvalue weighted by atomic mass is 32.2. The Bertz CT molecular complexity index is 498. The molecule has 6 nitrogen and oxygen atoms in total. The highest BCUT2D eigenvalue weighted by Gasteiger charge is 2.30. The van der Waals surface area contributed by atoms with E-state index in [9.17, 15) is 8.42 Å². The minimum absolute atomic E-state index is 0.0156. The van der Waals surface area contributed by atoms with Gasteiger partial charge in [0.2, 0.25) is 5.95 Å². The number of anilines is 1. The standard InChI is InChI=1S/C12H21N3O3S/c1-2-18-8-3-5-13-12-14-6-7-15(12)11-4-9-19(16,17)10-11/h6-7,11H,2-5,8-10H2,1H3,(H,13,14). The summed E-state index contributed by atoms with van der Waals surface area (Å²) in [6.07, 6.45) is 5.13. The van der Waals surface area contributed by atoms with Crippen molar-refractivity contribution in [1.82, 2.24) is 9.55 Å². The van der Waals surface area contributed by atoms with Gasteiger partial charge in [0, 0.05) is 32.2 Å². The van der Waals surface area contributed by atoms with Crippen LogP contribution in [-0.4, -0.2) is 49.2 Å². The number of nitrogens with zero attached hydrogens (tertiary/aromatic N) is 2. The molecule has 0 amide bonds. The third kappa shape index (κ3) is 3.94. The minimum Gasteiger partial charge on any atom is -0.382 e. The first-order chi connectivity index (χ1) is 9.12. The molecule has 1 unspecified atom stereocenters. The Morgan fingerprint density at radius 1 is 1.58 bits per heavy atom. The number of imidazole rings is 1. The molecule has 0 spiro atoms. The number of aromatic nitrogens is 2. The first-order valence-corrected chi connectivity index (χ1v) is 8.49. The second-order valence-corrected chi connectivity index (χ2v) is 6.92. The van der Waals surface area contributed by atoms with Crippen molar-refractivity contribution >= 4 is 15.8 Å². The number of sulfone groups is 1. The van der Waals surface area contributed by atoms with Gasteiger partial charge < -0.3 is 14.6 Å². The van der Waals surface area contributed by atoms with Crippen LogP contribution in [0.4, 0.5) is 5.95 Å². The molecular formula is C12H21N3O3S. The molecular weight excluding hydrogens is 266 g/mol. The van der Waals surface area contributed by atoms with Crippen molar-refractivity contribution in [2.75, 3.05) is 36.6 Å². The fourth-order valence-electron chi connectivity index (χ4n) is 2.26. The molecule has 0 radical (unpaired) electrons. The first-order valence-electron chi connectivity index (χ1n) is 6.67. The van der Waals surface area contributed by atoms with E-state index in [1.807, 2.05) is 17.7 Å². The second-order valence-electron chi connectivity index (χ2n) is 4.69. The monoisotopic (exact) mass is 287 g/mol. The fraction of sp³-hybridized carbons (Fsp3) is 0.750. The molecule has 1 saturated heterocycles. The zero-order valence-corrected chi connectivity index (χ0v) is 12.0. The lowest BCUT2D eigenvalue weighted by Crippen LogP contribution is -2.15. The van der Waals surface area contributed by atoms with Crippen LogP contribution < -0.4 is 5.32 Å². The zero-order chi connectivity index (χ0) is 13.7. The molecule has 2 heterocycles. The minimum atomic E-state index is -2.87. The Morgan fingerprint density at radius 3 is 3.11 bits per heavy atom. The number of nitrogens with one attached hydrogen (secondary N) is 1. The van der Waals surface area contributed by atoms with Crippen LogP contribution in [0.15, 0.2) is 12.4 Å². The number of ether oxygens (including phenoxy) is 1. The van der Waals surface area contributed by atoms with Crippen LogP contribution >= 0.6 is 0 Å². The van der Waals surface area contributed by atoms with Crippen molar-refractivity contribution in [1.29, 1.82) is 0 Å². The van der Waals surface area contributed by atoms with Gasteiger partial charge in [-0.25, -0.2) is 13.4 Å². The number of rotatable bonds is 7. The van der Waals surface area contributed by atoms with Gasteiger partial charge >= 0.3 is 0 Å². The SMILES string of the molecule is CCOCCCNc1nccn1C1CCS(=O)(=O)C1. The summed E-state index contributed by atoms with van der Waals surface area (Å²) < 4.78 is 30.2. The van der Waals surface area contributed by atoms with Crippen LogP contribution in [0.3, 0.4) is 0 Å². The molecule has 1 aromatic heterocycles. The van der Waals surface area contributed by atoms with E-state index in [1.54, 1.807) is 6.20 Å². The molecule has 1 aromatic rings. The third-order valence-electron chi connectivity index (χ3n) is 3.22. The zero-order valence-electron chi connectivity index (χ0n) is 11.2. The van der Waals surface area contributed by atoms with E-state index in [0.29, 0.717) is 6.42 Å². The Labute approximate surface area is 114 Å². The largest absolute Gasteiger partial charge is 0.382 e. The van der Waals surface area contributed by atoms with Crippen LogP contribution in [0.25, 0.3) is 0 Å². The lowest BCUT2D eigenvalue weighted by atomic mass is 10.2. The van der Waals surface area contributed by atoms with Crippen molar-refractivity contribution in [2.24, 2.45) is 0 Å². The summed E-state index contributed by atoms with van der Waals surface area (Å²) in [4.78, 5) is 4.24. The van der Waals surface area contributed by atoms with Gasteiger partial charge in [0.05, 0.1) is 17.5 Å². The van der Waals surface area contributed by atoms with Gasteiger partial charge in [0.1, 0.15) is 0 Å². The van der Waals surface area contributed by atoms with Crippen LogP contribution in [0.2, 0.25) is 0 Å². The van der Waals surface area contributed by atoms with Crippen LogP contribution in [0, 0.1) is 0 Å². The van der Waals surface area contributed by atoms with E-state index in [2.05, 4.69) is 10.3 Å². The van der Waals surface area contributed by atoms with Crippen LogP contribution in [0.5, 0.6) is 0 Å². The molecule has 1 N–H and O–H groups in total. The van der Waals surface area contributed by atoms with Gasteiger partial charge in [-0.3, -0.25) is 0 Å². The molecule has 108 valence electrons. The molecule has 1 fully saturated rings. The van der Waals surface area contributed by atoms with Gasteiger partial charge in [0.15, 0.2) is 9.84 Å². The number of hydrogen-bond acceptors (Lipinski definition) is 5. The molecule has 0 saturated carbocycles. The van der Waals surface area contributed by atoms with E-state index in [0.717, 1.165) is 32.1 Å². The van der Waals surface area contributed by atoms with E-state index in [1.165, 1.54) is 0 Å². The van der Waals surface area contributed by atoms with E-state index >= 15 is 0 Å². The predicted octanol–water partition coefficient (Wildman–Crippen LogP) is 1.08. The maximum atomic E-state index is 11.5. The Kier molecular flexibility index (Phi) is 4.81. The quantitative estimate of drug-likeness (QED) is 0.760.